The first kappa shape index (κ1) is 21.7. The molecule has 1 heterocycles. The van der Waals surface area contributed by atoms with Gasteiger partial charge in [0.15, 0.2) is 18.4 Å². The minimum Gasteiger partial charge on any atom is -0.463 e. The summed E-state index contributed by atoms with van der Waals surface area (Å²) in [6.45, 7) is 4.46. The van der Waals surface area contributed by atoms with Gasteiger partial charge in [-0.25, -0.2) is 0 Å². The maximum absolute atomic E-state index is 11.5. The highest BCUT2D eigenvalue weighted by molar-refractivity contribution is 7.78. The summed E-state index contributed by atoms with van der Waals surface area (Å²) in [5, 5.41) is 4.67. The van der Waals surface area contributed by atoms with E-state index in [1.165, 1.54) is 13.8 Å². The van der Waals surface area contributed by atoms with Gasteiger partial charge in [0.05, 0.1) is 5.16 Å². The van der Waals surface area contributed by atoms with Crippen molar-refractivity contribution >= 4 is 41.2 Å². The number of isothiocyanates is 1. The van der Waals surface area contributed by atoms with Crippen LogP contribution in [0.1, 0.15) is 27.7 Å². The predicted octanol–water partition coefficient (Wildman–Crippen LogP) is -0.255. The van der Waals surface area contributed by atoms with E-state index in [-0.39, 0.29) is 6.61 Å². The fourth-order valence-corrected chi connectivity index (χ4v) is 2.57. The first-order valence-electron chi connectivity index (χ1n) is 7.63. The summed E-state index contributed by atoms with van der Waals surface area (Å²) < 4.78 is 21.1. The van der Waals surface area contributed by atoms with Crippen molar-refractivity contribution in [1.29, 1.82) is 0 Å². The summed E-state index contributed by atoms with van der Waals surface area (Å²) in [5.74, 6) is -2.40. The molecule has 0 saturated carbocycles. The van der Waals surface area contributed by atoms with Crippen molar-refractivity contribution in [3.05, 3.63) is 0 Å². The molecular weight excluding hydrogens is 368 g/mol. The lowest BCUT2D eigenvalue weighted by Gasteiger charge is -2.43. The quantitative estimate of drug-likeness (QED) is 0.283. The van der Waals surface area contributed by atoms with Gasteiger partial charge in [-0.1, -0.05) is 0 Å². The number of thiocarbonyl (C=S) groups is 1. The van der Waals surface area contributed by atoms with Crippen molar-refractivity contribution in [1.82, 2.24) is 5.32 Å². The zero-order valence-corrected chi connectivity index (χ0v) is 15.5. The molecule has 5 atom stereocenters. The van der Waals surface area contributed by atoms with Gasteiger partial charge >= 0.3 is 17.9 Å². The van der Waals surface area contributed by atoms with Gasteiger partial charge in [-0.3, -0.25) is 19.2 Å². The molecule has 1 N–H and O–H groups in total. The number of carbonyl (C=O) groups is 4. The Labute approximate surface area is 155 Å². The van der Waals surface area contributed by atoms with Crippen LogP contribution in [-0.4, -0.2) is 66.2 Å². The van der Waals surface area contributed by atoms with Gasteiger partial charge < -0.3 is 24.3 Å². The largest absolute Gasteiger partial charge is 0.463 e. The molecule has 1 amide bonds. The normalized spacial score (nSPS) is 27.5. The molecule has 0 unspecified atom stereocenters. The van der Waals surface area contributed by atoms with E-state index in [0.29, 0.717) is 0 Å². The lowest BCUT2D eigenvalue weighted by atomic mass is 9.95. The molecule has 0 aromatic carbocycles. The Kier molecular flexibility index (Phi) is 8.30. The molecule has 1 fully saturated rings. The Morgan fingerprint density at radius 3 is 2.08 bits per heavy atom. The highest BCUT2D eigenvalue weighted by atomic mass is 32.1. The third-order valence-electron chi connectivity index (χ3n) is 3.27. The van der Waals surface area contributed by atoms with Crippen LogP contribution in [0.4, 0.5) is 0 Å². The zero-order chi connectivity index (χ0) is 19.9. The van der Waals surface area contributed by atoms with Crippen molar-refractivity contribution in [2.75, 3.05) is 6.61 Å². The van der Waals surface area contributed by atoms with Crippen LogP contribution in [0.2, 0.25) is 0 Å². The molecule has 0 aromatic rings. The first-order valence-corrected chi connectivity index (χ1v) is 8.03. The predicted molar refractivity (Wildman–Crippen MR) is 89.0 cm³/mol. The van der Waals surface area contributed by atoms with E-state index in [0.717, 1.165) is 13.8 Å². The van der Waals surface area contributed by atoms with E-state index < -0.39 is 54.4 Å². The van der Waals surface area contributed by atoms with Crippen LogP contribution < -0.4 is 5.32 Å². The van der Waals surface area contributed by atoms with E-state index in [4.69, 9.17) is 18.9 Å². The number of ether oxygens (including phenoxy) is 4. The molecular formula is C15H20N2O8S. The van der Waals surface area contributed by atoms with E-state index in [1.807, 2.05) is 0 Å². The van der Waals surface area contributed by atoms with E-state index in [1.54, 1.807) is 0 Å². The topological polar surface area (TPSA) is 130 Å². The van der Waals surface area contributed by atoms with Crippen molar-refractivity contribution in [3.63, 3.8) is 0 Å². The third-order valence-corrected chi connectivity index (χ3v) is 3.38. The minimum atomic E-state index is -1.15. The van der Waals surface area contributed by atoms with Gasteiger partial charge in [-0.15, -0.1) is 0 Å². The molecule has 1 rings (SSSR count). The Hall–Kier alpha value is -2.36. The number of esters is 3. The van der Waals surface area contributed by atoms with Crippen LogP contribution in [0.5, 0.6) is 0 Å². The van der Waals surface area contributed by atoms with Crippen LogP contribution in [0.3, 0.4) is 0 Å². The molecule has 0 aromatic heterocycles. The van der Waals surface area contributed by atoms with E-state index >= 15 is 0 Å². The number of aliphatic imine (C=N–C) groups is 1. The summed E-state index contributed by atoms with van der Waals surface area (Å²) >= 11 is 4.58. The number of hydrogen-bond donors (Lipinski definition) is 1. The summed E-state index contributed by atoms with van der Waals surface area (Å²) in [4.78, 5) is 49.5. The van der Waals surface area contributed by atoms with Crippen molar-refractivity contribution in [2.45, 2.75) is 58.3 Å². The van der Waals surface area contributed by atoms with Crippen LogP contribution in [0.15, 0.2) is 4.99 Å². The Balaban J connectivity index is 3.28. The molecule has 10 nitrogen and oxygen atoms in total. The van der Waals surface area contributed by atoms with Crippen LogP contribution in [0.25, 0.3) is 0 Å². The smallest absolute Gasteiger partial charge is 0.303 e. The number of amides is 1. The number of nitrogens with zero attached hydrogens (tertiary/aromatic N) is 1. The number of carbonyl (C=O) groups excluding carboxylic acids is 4. The number of nitrogens with one attached hydrogen (secondary N) is 1. The molecule has 1 aliphatic rings. The second-order valence-electron chi connectivity index (χ2n) is 5.46. The molecule has 144 valence electrons. The molecule has 0 spiro atoms. The summed E-state index contributed by atoms with van der Waals surface area (Å²) in [6.07, 6.45) is -4.39. The monoisotopic (exact) mass is 388 g/mol. The van der Waals surface area contributed by atoms with Crippen LogP contribution in [0, 0.1) is 0 Å². The molecule has 26 heavy (non-hydrogen) atoms. The summed E-state index contributed by atoms with van der Waals surface area (Å²) in [5.41, 5.74) is 0. The molecule has 1 aliphatic heterocycles. The maximum Gasteiger partial charge on any atom is 0.303 e. The lowest BCUT2D eigenvalue weighted by molar-refractivity contribution is -0.222. The molecule has 11 heteroatoms. The highest BCUT2D eigenvalue weighted by Crippen LogP contribution is 2.27. The van der Waals surface area contributed by atoms with Gasteiger partial charge in [0, 0.05) is 27.7 Å². The van der Waals surface area contributed by atoms with Gasteiger partial charge in [0.2, 0.25) is 5.91 Å². The molecule has 0 radical (unpaired) electrons. The Morgan fingerprint density at radius 2 is 1.62 bits per heavy atom. The molecule has 0 aliphatic carbocycles. The Morgan fingerprint density at radius 1 is 1.04 bits per heavy atom. The Bertz CT molecular complexity index is 619. The average molecular weight is 388 g/mol. The van der Waals surface area contributed by atoms with Crippen molar-refractivity contribution in [3.8, 4) is 0 Å². The SMILES string of the molecule is CC(=O)N[C@@H]1[C@@H](OC(C)=O)[C@H](OC(C)=O)[C@H](COC(C)=O)O[C@H]1N=C=S. The number of hydrogen-bond acceptors (Lipinski definition) is 10. The van der Waals surface area contributed by atoms with Crippen molar-refractivity contribution in [2.24, 2.45) is 4.99 Å². The second kappa shape index (κ2) is 9.95. The molecule has 1 saturated heterocycles. The maximum atomic E-state index is 11.5. The fraction of sp³-hybridized carbons (Fsp3) is 0.667. The number of rotatable bonds is 6. The first-order chi connectivity index (χ1) is 12.1. The summed E-state index contributed by atoms with van der Waals surface area (Å²) in [6, 6.07) is -0.996. The summed E-state index contributed by atoms with van der Waals surface area (Å²) in [7, 11) is 0. The minimum absolute atomic E-state index is 0.290. The van der Waals surface area contributed by atoms with Crippen LogP contribution >= 0.6 is 12.2 Å². The fourth-order valence-electron chi connectivity index (χ4n) is 2.47. The van der Waals surface area contributed by atoms with Gasteiger partial charge in [0.1, 0.15) is 18.8 Å². The second-order valence-corrected chi connectivity index (χ2v) is 5.65. The zero-order valence-electron chi connectivity index (χ0n) is 14.7. The van der Waals surface area contributed by atoms with Crippen LogP contribution in [-0.2, 0) is 38.1 Å². The lowest BCUT2D eigenvalue weighted by Crippen LogP contribution is -2.65. The van der Waals surface area contributed by atoms with Gasteiger partial charge in [0.25, 0.3) is 0 Å². The average Bonchev–Trinajstić information content (AvgIpc) is 2.50. The van der Waals surface area contributed by atoms with Gasteiger partial charge in [-0.2, -0.15) is 4.99 Å². The van der Waals surface area contributed by atoms with E-state index in [9.17, 15) is 19.2 Å². The molecule has 0 bridgehead atoms. The van der Waals surface area contributed by atoms with E-state index in [2.05, 4.69) is 27.7 Å². The van der Waals surface area contributed by atoms with Gasteiger partial charge in [-0.05, 0) is 12.2 Å². The van der Waals surface area contributed by atoms with Crippen molar-refractivity contribution < 1.29 is 38.1 Å². The third kappa shape index (κ3) is 6.51. The standard InChI is InChI=1S/C15H20N2O8S/c1-7(18)17-12-14(24-10(4)21)13(23-9(3)20)11(5-22-8(2)19)25-15(12)16-6-26/h11-15H,5H2,1-4H3,(H,17,18)/t11-,12+,13+,14+,15+/m0/s1. The highest BCUT2D eigenvalue weighted by Gasteiger charge is 2.50.